The number of rotatable bonds is 6. The molecule has 0 saturated carbocycles. The molecular formula is C15H16N2O5S. The van der Waals surface area contributed by atoms with E-state index in [1.54, 1.807) is 18.2 Å². The SMILES string of the molecule is Cc1cccc(N2C(=O)SC(CC(=O)NCCC(=O)O)C2=O)c1. The Balaban J connectivity index is 1.98. The summed E-state index contributed by atoms with van der Waals surface area (Å²) in [7, 11) is 0. The molecule has 23 heavy (non-hydrogen) atoms. The Morgan fingerprint density at radius 3 is 2.74 bits per heavy atom. The number of hydrogen-bond donors (Lipinski definition) is 2. The fourth-order valence-corrected chi connectivity index (χ4v) is 3.12. The maximum Gasteiger partial charge on any atom is 0.305 e. The van der Waals surface area contributed by atoms with Gasteiger partial charge in [-0.2, -0.15) is 0 Å². The Morgan fingerprint density at radius 1 is 1.35 bits per heavy atom. The lowest BCUT2D eigenvalue weighted by Crippen LogP contribution is -2.35. The van der Waals surface area contributed by atoms with Crippen LogP contribution in [0.25, 0.3) is 0 Å². The first kappa shape index (κ1) is 17.0. The number of carboxylic acids is 1. The van der Waals surface area contributed by atoms with E-state index in [0.29, 0.717) is 5.69 Å². The average molecular weight is 336 g/mol. The van der Waals surface area contributed by atoms with Gasteiger partial charge in [-0.15, -0.1) is 0 Å². The molecule has 0 aromatic heterocycles. The largest absolute Gasteiger partial charge is 0.481 e. The van der Waals surface area contributed by atoms with E-state index in [-0.39, 0.29) is 19.4 Å². The van der Waals surface area contributed by atoms with Crippen LogP contribution in [0, 0.1) is 6.92 Å². The average Bonchev–Trinajstić information content (AvgIpc) is 2.73. The second-order valence-electron chi connectivity index (χ2n) is 5.08. The fourth-order valence-electron chi connectivity index (χ4n) is 2.14. The van der Waals surface area contributed by atoms with E-state index in [2.05, 4.69) is 5.32 Å². The second-order valence-corrected chi connectivity index (χ2v) is 6.24. The third-order valence-corrected chi connectivity index (χ3v) is 4.25. The zero-order valence-corrected chi connectivity index (χ0v) is 13.3. The molecule has 1 fully saturated rings. The molecule has 2 rings (SSSR count). The summed E-state index contributed by atoms with van der Waals surface area (Å²) in [6.07, 6.45) is -0.344. The molecule has 1 heterocycles. The van der Waals surface area contributed by atoms with Crippen molar-refractivity contribution in [1.82, 2.24) is 5.32 Å². The molecule has 1 unspecified atom stereocenters. The highest BCUT2D eigenvalue weighted by atomic mass is 32.2. The highest BCUT2D eigenvalue weighted by molar-refractivity contribution is 8.15. The van der Waals surface area contributed by atoms with E-state index in [4.69, 9.17) is 5.11 Å². The molecule has 3 amide bonds. The molecule has 7 nitrogen and oxygen atoms in total. The molecule has 1 aliphatic heterocycles. The lowest BCUT2D eigenvalue weighted by Gasteiger charge is -2.14. The van der Waals surface area contributed by atoms with Crippen LogP contribution in [0.15, 0.2) is 24.3 Å². The van der Waals surface area contributed by atoms with Gasteiger partial charge in [0, 0.05) is 13.0 Å². The number of thioether (sulfide) groups is 1. The molecule has 0 aliphatic carbocycles. The van der Waals surface area contributed by atoms with E-state index in [0.717, 1.165) is 22.2 Å². The van der Waals surface area contributed by atoms with Gasteiger partial charge in [0.1, 0.15) is 5.25 Å². The van der Waals surface area contributed by atoms with Crippen LogP contribution in [0.3, 0.4) is 0 Å². The van der Waals surface area contributed by atoms with Crippen LogP contribution in [0.5, 0.6) is 0 Å². The summed E-state index contributed by atoms with van der Waals surface area (Å²) in [5.41, 5.74) is 1.41. The molecule has 0 bridgehead atoms. The number of hydrogen-bond acceptors (Lipinski definition) is 5. The Bertz CT molecular complexity index is 661. The van der Waals surface area contributed by atoms with Crippen LogP contribution in [-0.4, -0.2) is 39.9 Å². The number of benzene rings is 1. The van der Waals surface area contributed by atoms with Gasteiger partial charge in [-0.05, 0) is 36.4 Å². The third-order valence-electron chi connectivity index (χ3n) is 3.21. The number of nitrogens with zero attached hydrogens (tertiary/aromatic N) is 1. The molecule has 1 aliphatic rings. The van der Waals surface area contributed by atoms with Gasteiger partial charge in [0.2, 0.25) is 11.8 Å². The monoisotopic (exact) mass is 336 g/mol. The summed E-state index contributed by atoms with van der Waals surface area (Å²) in [6, 6.07) is 7.00. The number of carbonyl (C=O) groups is 4. The smallest absolute Gasteiger partial charge is 0.305 e. The van der Waals surface area contributed by atoms with Crippen molar-refractivity contribution in [2.24, 2.45) is 0 Å². The normalized spacial score (nSPS) is 17.4. The van der Waals surface area contributed by atoms with Crippen molar-refractivity contribution < 1.29 is 24.3 Å². The van der Waals surface area contributed by atoms with Crippen LogP contribution >= 0.6 is 11.8 Å². The number of imide groups is 1. The van der Waals surface area contributed by atoms with Crippen molar-refractivity contribution in [2.45, 2.75) is 25.0 Å². The number of aliphatic carboxylic acids is 1. The lowest BCUT2D eigenvalue weighted by atomic mass is 10.2. The van der Waals surface area contributed by atoms with Crippen LogP contribution in [0.2, 0.25) is 0 Å². The standard InChI is InChI=1S/C15H16N2O5S/c1-9-3-2-4-10(7-9)17-14(21)11(23-15(17)22)8-12(18)16-6-5-13(19)20/h2-4,7,11H,5-6,8H2,1H3,(H,16,18)(H,19,20). The molecule has 1 atom stereocenters. The highest BCUT2D eigenvalue weighted by Gasteiger charge is 2.41. The van der Waals surface area contributed by atoms with Gasteiger partial charge >= 0.3 is 5.97 Å². The van der Waals surface area contributed by atoms with E-state index in [1.165, 1.54) is 0 Å². The highest BCUT2D eigenvalue weighted by Crippen LogP contribution is 2.33. The van der Waals surface area contributed by atoms with Gasteiger partial charge < -0.3 is 10.4 Å². The zero-order chi connectivity index (χ0) is 17.0. The van der Waals surface area contributed by atoms with E-state index in [1.807, 2.05) is 13.0 Å². The molecular weight excluding hydrogens is 320 g/mol. The Hall–Kier alpha value is -2.35. The quantitative estimate of drug-likeness (QED) is 0.817. The first-order valence-electron chi connectivity index (χ1n) is 6.98. The number of carboxylic acid groups (broad SMARTS) is 1. The molecule has 122 valence electrons. The summed E-state index contributed by atoms with van der Waals surface area (Å²) in [6.45, 7) is 1.85. The van der Waals surface area contributed by atoms with E-state index in [9.17, 15) is 19.2 Å². The number of amides is 3. The first-order chi connectivity index (χ1) is 10.9. The van der Waals surface area contributed by atoms with Gasteiger partial charge in [-0.1, -0.05) is 12.1 Å². The van der Waals surface area contributed by atoms with E-state index >= 15 is 0 Å². The molecule has 1 aromatic rings. The number of carbonyl (C=O) groups excluding carboxylic acids is 3. The fraction of sp³-hybridized carbons (Fsp3) is 0.333. The summed E-state index contributed by atoms with van der Waals surface area (Å²) in [5.74, 6) is -1.90. The molecule has 8 heteroatoms. The summed E-state index contributed by atoms with van der Waals surface area (Å²) >= 11 is 0.811. The third kappa shape index (κ3) is 4.32. The predicted molar refractivity (Wildman–Crippen MR) is 85.3 cm³/mol. The van der Waals surface area contributed by atoms with Crippen molar-refractivity contribution in [2.75, 3.05) is 11.4 Å². The molecule has 1 saturated heterocycles. The number of aryl methyl sites for hydroxylation is 1. The Morgan fingerprint density at radius 2 is 2.09 bits per heavy atom. The van der Waals surface area contributed by atoms with Crippen molar-refractivity contribution in [3.8, 4) is 0 Å². The number of anilines is 1. The van der Waals surface area contributed by atoms with Crippen molar-refractivity contribution in [3.63, 3.8) is 0 Å². The molecule has 0 radical (unpaired) electrons. The minimum atomic E-state index is -1.02. The van der Waals surface area contributed by atoms with Gasteiger partial charge in [-0.3, -0.25) is 19.2 Å². The van der Waals surface area contributed by atoms with Crippen LogP contribution < -0.4 is 10.2 Å². The Labute approximate surface area is 137 Å². The van der Waals surface area contributed by atoms with E-state index < -0.39 is 28.3 Å². The number of nitrogens with one attached hydrogen (secondary N) is 1. The Kier molecular flexibility index (Phi) is 5.38. The van der Waals surface area contributed by atoms with Crippen LogP contribution in [0.1, 0.15) is 18.4 Å². The first-order valence-corrected chi connectivity index (χ1v) is 7.86. The topological polar surface area (TPSA) is 104 Å². The van der Waals surface area contributed by atoms with Crippen molar-refractivity contribution in [1.29, 1.82) is 0 Å². The summed E-state index contributed by atoms with van der Waals surface area (Å²) in [5, 5.41) is 9.74. The van der Waals surface area contributed by atoms with Crippen LogP contribution in [-0.2, 0) is 14.4 Å². The van der Waals surface area contributed by atoms with Gasteiger partial charge in [0.25, 0.3) is 5.24 Å². The van der Waals surface area contributed by atoms with Crippen molar-refractivity contribution >= 4 is 40.5 Å². The van der Waals surface area contributed by atoms with Crippen molar-refractivity contribution in [3.05, 3.63) is 29.8 Å². The second kappa shape index (κ2) is 7.28. The maximum absolute atomic E-state index is 12.4. The molecule has 1 aromatic carbocycles. The summed E-state index contributed by atoms with van der Waals surface area (Å²) in [4.78, 5) is 47.6. The molecule has 0 spiro atoms. The summed E-state index contributed by atoms with van der Waals surface area (Å²) < 4.78 is 0. The maximum atomic E-state index is 12.4. The van der Waals surface area contributed by atoms with Gasteiger partial charge in [0.05, 0.1) is 12.1 Å². The van der Waals surface area contributed by atoms with Crippen LogP contribution in [0.4, 0.5) is 10.5 Å². The lowest BCUT2D eigenvalue weighted by molar-refractivity contribution is -0.137. The van der Waals surface area contributed by atoms with Gasteiger partial charge in [-0.25, -0.2) is 4.90 Å². The van der Waals surface area contributed by atoms with Gasteiger partial charge in [0.15, 0.2) is 0 Å². The predicted octanol–water partition coefficient (Wildman–Crippen LogP) is 1.54. The zero-order valence-electron chi connectivity index (χ0n) is 12.4. The minimum absolute atomic E-state index is 0.00468. The molecule has 2 N–H and O–H groups in total. The minimum Gasteiger partial charge on any atom is -0.481 e.